The number of nitrogens with one attached hydrogen (secondary N) is 1. The lowest BCUT2D eigenvalue weighted by molar-refractivity contribution is -0.124. The average molecular weight is 284 g/mol. The van der Waals surface area contributed by atoms with E-state index in [0.717, 1.165) is 22.9 Å². The molecule has 88 valence electrons. The molecule has 1 unspecified atom stereocenters. The molecule has 1 atom stereocenters. The van der Waals surface area contributed by atoms with Crippen LogP contribution in [-0.2, 0) is 11.3 Å². The third-order valence-corrected chi connectivity index (χ3v) is 3.02. The van der Waals surface area contributed by atoms with Crippen LogP contribution in [-0.4, -0.2) is 5.91 Å². The first-order valence-electron chi connectivity index (χ1n) is 5.65. The van der Waals surface area contributed by atoms with E-state index in [1.807, 2.05) is 31.2 Å². The minimum atomic E-state index is 0.108. The van der Waals surface area contributed by atoms with Gasteiger partial charge >= 0.3 is 0 Å². The zero-order valence-electron chi connectivity index (χ0n) is 9.79. The molecule has 0 heterocycles. The van der Waals surface area contributed by atoms with Crippen molar-refractivity contribution in [2.45, 2.75) is 33.2 Å². The number of amides is 1. The van der Waals surface area contributed by atoms with E-state index in [-0.39, 0.29) is 11.8 Å². The molecule has 3 heteroatoms. The van der Waals surface area contributed by atoms with Gasteiger partial charge in [0, 0.05) is 16.9 Å². The molecular formula is C13H18BrNO. The Balaban J connectivity index is 2.42. The van der Waals surface area contributed by atoms with E-state index in [4.69, 9.17) is 0 Å². The van der Waals surface area contributed by atoms with Gasteiger partial charge in [-0.3, -0.25) is 4.79 Å². The van der Waals surface area contributed by atoms with Crippen molar-refractivity contribution in [1.82, 2.24) is 5.32 Å². The summed E-state index contributed by atoms with van der Waals surface area (Å²) < 4.78 is 1.04. The molecule has 0 spiro atoms. The lowest BCUT2D eigenvalue weighted by atomic mass is 10.1. The molecule has 2 nitrogen and oxygen atoms in total. The maximum Gasteiger partial charge on any atom is 0.223 e. The molecule has 0 aliphatic rings. The summed E-state index contributed by atoms with van der Waals surface area (Å²) >= 11 is 3.41. The van der Waals surface area contributed by atoms with Gasteiger partial charge in [0.15, 0.2) is 0 Å². The fraction of sp³-hybridized carbons (Fsp3) is 0.462. The van der Waals surface area contributed by atoms with Gasteiger partial charge in [-0.1, -0.05) is 48.3 Å². The Bertz CT molecular complexity index is 352. The molecule has 1 N–H and O–H groups in total. The van der Waals surface area contributed by atoms with E-state index < -0.39 is 0 Å². The molecule has 1 amide bonds. The molecule has 1 rings (SSSR count). The Hall–Kier alpha value is -0.830. The number of rotatable bonds is 5. The summed E-state index contributed by atoms with van der Waals surface area (Å²) in [6.45, 7) is 4.67. The van der Waals surface area contributed by atoms with E-state index in [9.17, 15) is 4.79 Å². The molecule has 16 heavy (non-hydrogen) atoms. The van der Waals surface area contributed by atoms with Crippen molar-refractivity contribution in [3.63, 3.8) is 0 Å². The summed E-state index contributed by atoms with van der Waals surface area (Å²) in [7, 11) is 0. The Morgan fingerprint density at radius 3 is 2.88 bits per heavy atom. The third kappa shape index (κ3) is 4.35. The number of carbonyl (C=O) groups is 1. The second kappa shape index (κ2) is 6.69. The topological polar surface area (TPSA) is 29.1 Å². The van der Waals surface area contributed by atoms with Crippen LogP contribution in [0.25, 0.3) is 0 Å². The first-order valence-corrected chi connectivity index (χ1v) is 6.45. The molecular weight excluding hydrogens is 266 g/mol. The monoisotopic (exact) mass is 283 g/mol. The van der Waals surface area contributed by atoms with Crippen molar-refractivity contribution in [3.8, 4) is 0 Å². The fourth-order valence-corrected chi connectivity index (χ4v) is 2.02. The minimum Gasteiger partial charge on any atom is -0.352 e. The van der Waals surface area contributed by atoms with E-state index in [0.29, 0.717) is 6.54 Å². The predicted molar refractivity (Wildman–Crippen MR) is 70.1 cm³/mol. The van der Waals surface area contributed by atoms with Crippen molar-refractivity contribution < 1.29 is 4.79 Å². The molecule has 0 aromatic heterocycles. The smallest absolute Gasteiger partial charge is 0.223 e. The lowest BCUT2D eigenvalue weighted by Crippen LogP contribution is -2.28. The molecule has 0 aliphatic carbocycles. The Morgan fingerprint density at radius 2 is 2.25 bits per heavy atom. The third-order valence-electron chi connectivity index (χ3n) is 2.53. The largest absolute Gasteiger partial charge is 0.352 e. The molecule has 0 saturated carbocycles. The van der Waals surface area contributed by atoms with E-state index >= 15 is 0 Å². The van der Waals surface area contributed by atoms with Gasteiger partial charge in [0.05, 0.1) is 0 Å². The highest BCUT2D eigenvalue weighted by atomic mass is 79.9. The maximum absolute atomic E-state index is 11.7. The van der Waals surface area contributed by atoms with E-state index in [1.165, 1.54) is 0 Å². The highest BCUT2D eigenvalue weighted by Crippen LogP contribution is 2.12. The highest BCUT2D eigenvalue weighted by molar-refractivity contribution is 9.10. The summed E-state index contributed by atoms with van der Waals surface area (Å²) in [4.78, 5) is 11.7. The van der Waals surface area contributed by atoms with Crippen LogP contribution in [0.5, 0.6) is 0 Å². The first kappa shape index (κ1) is 13.2. The number of benzene rings is 1. The number of hydrogen-bond acceptors (Lipinski definition) is 1. The molecule has 0 radical (unpaired) electrons. The fourth-order valence-electron chi connectivity index (χ4n) is 1.57. The number of halogens is 1. The van der Waals surface area contributed by atoms with Crippen LogP contribution in [0, 0.1) is 5.92 Å². The summed E-state index contributed by atoms with van der Waals surface area (Å²) in [5.74, 6) is 0.249. The summed E-state index contributed by atoms with van der Waals surface area (Å²) in [5.41, 5.74) is 1.12. The van der Waals surface area contributed by atoms with Crippen molar-refractivity contribution in [2.24, 2.45) is 5.92 Å². The van der Waals surface area contributed by atoms with Crippen LogP contribution in [0.15, 0.2) is 28.7 Å². The molecule has 0 fully saturated rings. The number of carbonyl (C=O) groups excluding carboxylic acids is 1. The molecule has 0 aliphatic heterocycles. The van der Waals surface area contributed by atoms with E-state index in [2.05, 4.69) is 28.2 Å². The summed E-state index contributed by atoms with van der Waals surface area (Å²) in [5, 5.41) is 2.95. The zero-order chi connectivity index (χ0) is 12.0. The Morgan fingerprint density at radius 1 is 1.50 bits per heavy atom. The quantitative estimate of drug-likeness (QED) is 0.881. The molecule has 1 aromatic carbocycles. The van der Waals surface area contributed by atoms with Crippen LogP contribution in [0.4, 0.5) is 0 Å². The van der Waals surface area contributed by atoms with Crippen LogP contribution in [0.3, 0.4) is 0 Å². The van der Waals surface area contributed by atoms with Gasteiger partial charge in [0.25, 0.3) is 0 Å². The van der Waals surface area contributed by atoms with E-state index in [1.54, 1.807) is 0 Å². The van der Waals surface area contributed by atoms with Crippen LogP contribution < -0.4 is 5.32 Å². The molecule has 0 bridgehead atoms. The van der Waals surface area contributed by atoms with Gasteiger partial charge < -0.3 is 5.32 Å². The van der Waals surface area contributed by atoms with Crippen LogP contribution >= 0.6 is 15.9 Å². The number of hydrogen-bond donors (Lipinski definition) is 1. The van der Waals surface area contributed by atoms with Gasteiger partial charge in [-0.2, -0.15) is 0 Å². The van der Waals surface area contributed by atoms with Gasteiger partial charge in [0.2, 0.25) is 5.91 Å². The maximum atomic E-state index is 11.7. The SMILES string of the molecule is CCCC(C)C(=O)NCc1cccc(Br)c1. The Kier molecular flexibility index (Phi) is 5.53. The second-order valence-corrected chi connectivity index (χ2v) is 4.95. The summed E-state index contributed by atoms with van der Waals surface area (Å²) in [6.07, 6.45) is 2.00. The van der Waals surface area contributed by atoms with Crippen LogP contribution in [0.1, 0.15) is 32.3 Å². The van der Waals surface area contributed by atoms with Crippen LogP contribution in [0.2, 0.25) is 0 Å². The lowest BCUT2D eigenvalue weighted by Gasteiger charge is -2.11. The predicted octanol–water partition coefficient (Wildman–Crippen LogP) is 3.50. The molecule has 0 saturated heterocycles. The van der Waals surface area contributed by atoms with Crippen molar-refractivity contribution in [1.29, 1.82) is 0 Å². The zero-order valence-corrected chi connectivity index (χ0v) is 11.4. The highest BCUT2D eigenvalue weighted by Gasteiger charge is 2.10. The van der Waals surface area contributed by atoms with Crippen molar-refractivity contribution in [2.75, 3.05) is 0 Å². The standard InChI is InChI=1S/C13H18BrNO/c1-3-5-10(2)13(16)15-9-11-6-4-7-12(14)8-11/h4,6-8,10H,3,5,9H2,1-2H3,(H,15,16). The normalized spacial score (nSPS) is 12.2. The Labute approximate surface area is 106 Å². The van der Waals surface area contributed by atoms with Gasteiger partial charge in [-0.15, -0.1) is 0 Å². The van der Waals surface area contributed by atoms with Crippen molar-refractivity contribution >= 4 is 21.8 Å². The van der Waals surface area contributed by atoms with Gasteiger partial charge in [-0.25, -0.2) is 0 Å². The first-order chi connectivity index (χ1) is 7.63. The minimum absolute atomic E-state index is 0.108. The van der Waals surface area contributed by atoms with Gasteiger partial charge in [-0.05, 0) is 24.1 Å². The summed E-state index contributed by atoms with van der Waals surface area (Å²) in [6, 6.07) is 7.98. The molecule has 1 aromatic rings. The van der Waals surface area contributed by atoms with Crippen molar-refractivity contribution in [3.05, 3.63) is 34.3 Å². The van der Waals surface area contributed by atoms with Gasteiger partial charge in [0.1, 0.15) is 0 Å². The second-order valence-electron chi connectivity index (χ2n) is 4.04. The average Bonchev–Trinajstić information content (AvgIpc) is 2.26.